The Morgan fingerprint density at radius 2 is 1.93 bits per heavy atom. The number of halogens is 2. The van der Waals surface area contributed by atoms with Crippen LogP contribution in [0.1, 0.15) is 47.7 Å². The SMILES string of the molecule is Cc1ccn(-c2cccc(C(C)C)c2)c(=O)c1C(=O)N1CC(F)(F)C[C@H]1C(N)=O. The number of carbonyl (C=O) groups is 2. The third-order valence-corrected chi connectivity index (χ3v) is 5.19. The molecule has 2 heterocycles. The van der Waals surface area contributed by atoms with E-state index >= 15 is 0 Å². The molecular weight excluding hydrogens is 380 g/mol. The summed E-state index contributed by atoms with van der Waals surface area (Å²) >= 11 is 0. The zero-order chi connectivity index (χ0) is 21.5. The highest BCUT2D eigenvalue weighted by atomic mass is 19.3. The average molecular weight is 403 g/mol. The molecule has 154 valence electrons. The van der Waals surface area contributed by atoms with Crippen LogP contribution in [-0.4, -0.2) is 39.8 Å². The maximum absolute atomic E-state index is 13.9. The van der Waals surface area contributed by atoms with E-state index in [1.54, 1.807) is 19.1 Å². The first-order valence-electron chi connectivity index (χ1n) is 9.32. The van der Waals surface area contributed by atoms with Gasteiger partial charge in [0, 0.05) is 18.3 Å². The molecule has 8 heteroatoms. The molecule has 1 aromatic heterocycles. The summed E-state index contributed by atoms with van der Waals surface area (Å²) in [5.74, 6) is -4.93. The number of nitrogens with two attached hydrogens (primary N) is 1. The monoisotopic (exact) mass is 403 g/mol. The van der Waals surface area contributed by atoms with Crippen molar-refractivity contribution in [1.29, 1.82) is 0 Å². The van der Waals surface area contributed by atoms with E-state index in [0.717, 1.165) is 5.56 Å². The number of pyridine rings is 1. The van der Waals surface area contributed by atoms with Crippen molar-refractivity contribution in [3.05, 3.63) is 63.6 Å². The highest BCUT2D eigenvalue weighted by molar-refractivity contribution is 5.98. The van der Waals surface area contributed by atoms with Crippen molar-refractivity contribution in [1.82, 2.24) is 9.47 Å². The Morgan fingerprint density at radius 1 is 1.24 bits per heavy atom. The number of nitrogens with zero attached hydrogens (tertiary/aromatic N) is 2. The number of amides is 2. The number of alkyl halides is 2. The minimum absolute atomic E-state index is 0.236. The van der Waals surface area contributed by atoms with E-state index < -0.39 is 42.3 Å². The Balaban J connectivity index is 2.08. The Labute approximate surface area is 166 Å². The lowest BCUT2D eigenvalue weighted by molar-refractivity contribution is -0.121. The molecule has 0 bridgehead atoms. The maximum atomic E-state index is 13.9. The molecule has 2 aromatic rings. The van der Waals surface area contributed by atoms with Crippen LogP contribution in [0.5, 0.6) is 0 Å². The van der Waals surface area contributed by atoms with Gasteiger partial charge in [0.05, 0.1) is 6.54 Å². The van der Waals surface area contributed by atoms with Crippen LogP contribution in [0.25, 0.3) is 5.69 Å². The molecule has 29 heavy (non-hydrogen) atoms. The third-order valence-electron chi connectivity index (χ3n) is 5.19. The van der Waals surface area contributed by atoms with E-state index in [1.165, 1.54) is 10.8 Å². The van der Waals surface area contributed by atoms with E-state index in [0.29, 0.717) is 16.2 Å². The molecule has 1 atom stereocenters. The molecular formula is C21H23F2N3O3. The number of hydrogen-bond acceptors (Lipinski definition) is 3. The Kier molecular flexibility index (Phi) is 5.30. The molecule has 2 N–H and O–H groups in total. The summed E-state index contributed by atoms with van der Waals surface area (Å²) in [5, 5.41) is 0. The first-order valence-corrected chi connectivity index (χ1v) is 9.32. The quantitative estimate of drug-likeness (QED) is 0.852. The van der Waals surface area contributed by atoms with Crippen molar-refractivity contribution in [2.45, 2.75) is 45.1 Å². The molecule has 0 saturated carbocycles. The van der Waals surface area contributed by atoms with Crippen LogP contribution in [0.4, 0.5) is 8.78 Å². The smallest absolute Gasteiger partial charge is 0.268 e. The van der Waals surface area contributed by atoms with Crippen LogP contribution in [0.15, 0.2) is 41.3 Å². The second-order valence-corrected chi connectivity index (χ2v) is 7.71. The van der Waals surface area contributed by atoms with Crippen molar-refractivity contribution < 1.29 is 18.4 Å². The number of primary amides is 1. The van der Waals surface area contributed by atoms with Crippen molar-refractivity contribution in [3.8, 4) is 5.69 Å². The summed E-state index contributed by atoms with van der Waals surface area (Å²) in [7, 11) is 0. The summed E-state index contributed by atoms with van der Waals surface area (Å²) in [6.07, 6.45) is 0.697. The predicted octanol–water partition coefficient (Wildman–Crippen LogP) is 2.60. The first kappa shape index (κ1) is 20.7. The van der Waals surface area contributed by atoms with Crippen LogP contribution < -0.4 is 11.3 Å². The second-order valence-electron chi connectivity index (χ2n) is 7.71. The molecule has 0 unspecified atom stereocenters. The number of benzene rings is 1. The topological polar surface area (TPSA) is 85.4 Å². The summed E-state index contributed by atoms with van der Waals surface area (Å²) in [5.41, 5.74) is 6.26. The zero-order valence-electron chi connectivity index (χ0n) is 16.5. The number of aromatic nitrogens is 1. The lowest BCUT2D eigenvalue weighted by atomic mass is 10.0. The molecule has 1 aliphatic heterocycles. The summed E-state index contributed by atoms with van der Waals surface area (Å²) < 4.78 is 29.0. The number of carbonyl (C=O) groups excluding carboxylic acids is 2. The fourth-order valence-electron chi connectivity index (χ4n) is 3.55. The van der Waals surface area contributed by atoms with E-state index in [-0.39, 0.29) is 11.5 Å². The van der Waals surface area contributed by atoms with Gasteiger partial charge in [-0.25, -0.2) is 8.78 Å². The molecule has 0 spiro atoms. The van der Waals surface area contributed by atoms with Crippen LogP contribution in [0.3, 0.4) is 0 Å². The van der Waals surface area contributed by atoms with Gasteiger partial charge in [0.2, 0.25) is 5.91 Å². The number of likely N-dealkylation sites (tertiary alicyclic amines) is 1. The summed E-state index contributed by atoms with van der Waals surface area (Å²) in [6.45, 7) is 4.64. The molecule has 1 saturated heterocycles. The van der Waals surface area contributed by atoms with Gasteiger partial charge in [-0.15, -0.1) is 0 Å². The summed E-state index contributed by atoms with van der Waals surface area (Å²) in [6, 6.07) is 7.43. The lowest BCUT2D eigenvalue weighted by Gasteiger charge is -2.22. The van der Waals surface area contributed by atoms with Gasteiger partial charge in [-0.2, -0.15) is 0 Å². The summed E-state index contributed by atoms with van der Waals surface area (Å²) in [4.78, 5) is 38.5. The molecule has 3 rings (SSSR count). The minimum atomic E-state index is -3.23. The van der Waals surface area contributed by atoms with Crippen LogP contribution in [0.2, 0.25) is 0 Å². The number of aryl methyl sites for hydroxylation is 1. The highest BCUT2D eigenvalue weighted by Gasteiger charge is 2.50. The fraction of sp³-hybridized carbons (Fsp3) is 0.381. The van der Waals surface area contributed by atoms with E-state index in [4.69, 9.17) is 5.73 Å². The molecule has 1 aliphatic rings. The van der Waals surface area contributed by atoms with Crippen LogP contribution in [-0.2, 0) is 4.79 Å². The van der Waals surface area contributed by atoms with Gasteiger partial charge in [-0.05, 0) is 42.2 Å². The second kappa shape index (κ2) is 7.42. The fourth-order valence-corrected chi connectivity index (χ4v) is 3.55. The molecule has 0 aliphatic carbocycles. The van der Waals surface area contributed by atoms with Crippen LogP contribution >= 0.6 is 0 Å². The van der Waals surface area contributed by atoms with Gasteiger partial charge in [-0.3, -0.25) is 19.0 Å². The van der Waals surface area contributed by atoms with Crippen molar-refractivity contribution in [2.75, 3.05) is 6.54 Å². The van der Waals surface area contributed by atoms with Crippen molar-refractivity contribution in [2.24, 2.45) is 5.73 Å². The Hall–Kier alpha value is -3.03. The molecule has 2 amide bonds. The number of hydrogen-bond donors (Lipinski definition) is 1. The van der Waals surface area contributed by atoms with Crippen molar-refractivity contribution in [3.63, 3.8) is 0 Å². The van der Waals surface area contributed by atoms with Gasteiger partial charge in [-0.1, -0.05) is 26.0 Å². The molecule has 1 fully saturated rings. The lowest BCUT2D eigenvalue weighted by Crippen LogP contribution is -2.46. The van der Waals surface area contributed by atoms with Gasteiger partial charge in [0.25, 0.3) is 17.4 Å². The minimum Gasteiger partial charge on any atom is -0.368 e. The Bertz CT molecular complexity index is 1030. The normalized spacial score (nSPS) is 18.3. The third kappa shape index (κ3) is 3.92. The highest BCUT2D eigenvalue weighted by Crippen LogP contribution is 2.33. The van der Waals surface area contributed by atoms with E-state index in [2.05, 4.69) is 0 Å². The molecule has 1 aromatic carbocycles. The zero-order valence-corrected chi connectivity index (χ0v) is 16.5. The van der Waals surface area contributed by atoms with E-state index in [1.807, 2.05) is 32.0 Å². The van der Waals surface area contributed by atoms with E-state index in [9.17, 15) is 23.2 Å². The largest absolute Gasteiger partial charge is 0.368 e. The van der Waals surface area contributed by atoms with Crippen molar-refractivity contribution >= 4 is 11.8 Å². The maximum Gasteiger partial charge on any atom is 0.268 e. The molecule has 0 radical (unpaired) electrons. The predicted molar refractivity (Wildman–Crippen MR) is 104 cm³/mol. The van der Waals surface area contributed by atoms with Gasteiger partial charge < -0.3 is 10.6 Å². The Morgan fingerprint density at radius 3 is 2.55 bits per heavy atom. The van der Waals surface area contributed by atoms with Gasteiger partial charge in [0.15, 0.2) is 0 Å². The first-order chi connectivity index (χ1) is 13.5. The standard InChI is InChI=1S/C21H23F2N3O3/c1-12(2)14-5-4-6-15(9-14)25-8-7-13(3)17(19(25)28)20(29)26-11-21(22,23)10-16(26)18(24)27/h4-9,12,16H,10-11H2,1-3H3,(H2,24,27)/t16-/m0/s1. The molecule has 6 nitrogen and oxygen atoms in total. The average Bonchev–Trinajstić information content (AvgIpc) is 2.98. The van der Waals surface area contributed by atoms with Gasteiger partial charge >= 0.3 is 0 Å². The van der Waals surface area contributed by atoms with Gasteiger partial charge in [0.1, 0.15) is 11.6 Å². The number of rotatable bonds is 4. The van der Waals surface area contributed by atoms with Crippen LogP contribution in [0, 0.1) is 6.92 Å².